The molecule has 1 aliphatic heterocycles. The lowest BCUT2D eigenvalue weighted by molar-refractivity contribution is -0.120. The molecule has 6 nitrogen and oxygen atoms in total. The summed E-state index contributed by atoms with van der Waals surface area (Å²) in [6.07, 6.45) is 1.78. The second-order valence-electron chi connectivity index (χ2n) is 7.27. The molecule has 0 saturated carbocycles. The van der Waals surface area contributed by atoms with E-state index in [1.807, 2.05) is 24.3 Å². The summed E-state index contributed by atoms with van der Waals surface area (Å²) in [5, 5.41) is 9.35. The number of Topliss-reactive ketones (excluding diaryl/α,β-unsaturated/α-hetero) is 1. The van der Waals surface area contributed by atoms with Gasteiger partial charge in [-0.25, -0.2) is 4.98 Å². The van der Waals surface area contributed by atoms with Gasteiger partial charge in [-0.05, 0) is 42.9 Å². The zero-order chi connectivity index (χ0) is 19.5. The Morgan fingerprint density at radius 1 is 1.04 bits per heavy atom. The predicted molar refractivity (Wildman–Crippen MR) is 105 cm³/mol. The summed E-state index contributed by atoms with van der Waals surface area (Å²) >= 11 is 0. The van der Waals surface area contributed by atoms with E-state index in [4.69, 9.17) is 0 Å². The third kappa shape index (κ3) is 4.37. The van der Waals surface area contributed by atoms with E-state index >= 15 is 0 Å². The van der Waals surface area contributed by atoms with Crippen molar-refractivity contribution in [3.8, 4) is 11.1 Å². The number of halogens is 1. The molecule has 4 rings (SSSR count). The van der Waals surface area contributed by atoms with Crippen molar-refractivity contribution in [3.63, 3.8) is 0 Å². The average molecular weight is 379 g/mol. The van der Waals surface area contributed by atoms with Gasteiger partial charge < -0.3 is 4.90 Å². The minimum atomic E-state index is -0.503. The minimum absolute atomic E-state index is 0.150. The number of piperazine rings is 1. The number of hydrogen-bond acceptors (Lipinski definition) is 6. The van der Waals surface area contributed by atoms with E-state index < -0.39 is 5.95 Å². The number of benzene rings is 1. The molecule has 1 aromatic carbocycles. The van der Waals surface area contributed by atoms with Crippen molar-refractivity contribution >= 4 is 16.7 Å². The number of pyridine rings is 1. The number of carbonyl (C=O) groups is 1. The summed E-state index contributed by atoms with van der Waals surface area (Å²) in [6.45, 7) is 4.27. The Kier molecular flexibility index (Phi) is 5.36. The molecule has 2 aromatic heterocycles. The van der Waals surface area contributed by atoms with Crippen molar-refractivity contribution in [3.05, 3.63) is 54.2 Å². The van der Waals surface area contributed by atoms with Gasteiger partial charge in [-0.1, -0.05) is 6.07 Å². The first-order valence-corrected chi connectivity index (χ1v) is 9.38. The number of ketones is 1. The lowest BCUT2D eigenvalue weighted by atomic mass is 10.0. The van der Waals surface area contributed by atoms with E-state index in [0.29, 0.717) is 12.2 Å². The number of nitrogens with zero attached hydrogens (tertiary/aromatic N) is 5. The molecule has 0 spiro atoms. The summed E-state index contributed by atoms with van der Waals surface area (Å²) < 4.78 is 13.0. The Morgan fingerprint density at radius 3 is 2.57 bits per heavy atom. The quantitative estimate of drug-likeness (QED) is 0.634. The van der Waals surface area contributed by atoms with Gasteiger partial charge in [0.2, 0.25) is 5.95 Å². The summed E-state index contributed by atoms with van der Waals surface area (Å²) in [7, 11) is 2.10. The van der Waals surface area contributed by atoms with Crippen LogP contribution in [0.4, 0.5) is 4.39 Å². The second kappa shape index (κ2) is 8.08. The second-order valence-corrected chi connectivity index (χ2v) is 7.27. The Labute approximate surface area is 163 Å². The van der Waals surface area contributed by atoms with E-state index in [0.717, 1.165) is 48.2 Å². The number of carbonyl (C=O) groups excluding carboxylic acids is 1. The van der Waals surface area contributed by atoms with Crippen molar-refractivity contribution < 1.29 is 9.18 Å². The minimum Gasteiger partial charge on any atom is -0.304 e. The topological polar surface area (TPSA) is 62.2 Å². The van der Waals surface area contributed by atoms with Gasteiger partial charge in [0.05, 0.1) is 24.2 Å². The maximum atomic E-state index is 13.0. The van der Waals surface area contributed by atoms with Crippen LogP contribution in [0.2, 0.25) is 0 Å². The van der Waals surface area contributed by atoms with Crippen molar-refractivity contribution in [2.75, 3.05) is 39.8 Å². The van der Waals surface area contributed by atoms with E-state index in [1.54, 1.807) is 6.07 Å². The molecule has 1 saturated heterocycles. The predicted octanol–water partition coefficient (Wildman–Crippen LogP) is 2.19. The molecule has 28 heavy (non-hydrogen) atoms. The molecule has 144 valence electrons. The Bertz CT molecular complexity index is 984. The molecule has 1 fully saturated rings. The van der Waals surface area contributed by atoms with Gasteiger partial charge >= 0.3 is 0 Å². The number of hydrogen-bond donors (Lipinski definition) is 0. The van der Waals surface area contributed by atoms with E-state index in [-0.39, 0.29) is 12.2 Å². The molecular formula is C21H22FN5O. The van der Waals surface area contributed by atoms with Crippen LogP contribution < -0.4 is 0 Å². The van der Waals surface area contributed by atoms with Gasteiger partial charge in [-0.2, -0.15) is 14.6 Å². The van der Waals surface area contributed by atoms with Crippen molar-refractivity contribution in [2.24, 2.45) is 0 Å². The van der Waals surface area contributed by atoms with Crippen LogP contribution in [0.1, 0.15) is 5.69 Å². The summed E-state index contributed by atoms with van der Waals surface area (Å²) in [4.78, 5) is 20.6. The maximum absolute atomic E-state index is 13.0. The largest absolute Gasteiger partial charge is 0.304 e. The monoisotopic (exact) mass is 379 g/mol. The SMILES string of the molecule is CN1CCN(CC(=O)Cc2cc3cc(-c4ccc(F)nc4)ccc3nn2)CC1. The highest BCUT2D eigenvalue weighted by atomic mass is 19.1. The first-order chi connectivity index (χ1) is 13.6. The van der Waals surface area contributed by atoms with Gasteiger partial charge in [-0.15, -0.1) is 0 Å². The molecule has 0 bridgehead atoms. The van der Waals surface area contributed by atoms with Gasteiger partial charge in [0.15, 0.2) is 5.78 Å². The number of aromatic nitrogens is 3. The third-order valence-corrected chi connectivity index (χ3v) is 5.07. The highest BCUT2D eigenvalue weighted by Gasteiger charge is 2.17. The van der Waals surface area contributed by atoms with Gasteiger partial charge in [0.1, 0.15) is 0 Å². The third-order valence-electron chi connectivity index (χ3n) is 5.07. The van der Waals surface area contributed by atoms with Gasteiger partial charge in [0, 0.05) is 43.3 Å². The number of likely N-dealkylation sites (N-methyl/N-ethyl adjacent to an activating group) is 1. The van der Waals surface area contributed by atoms with Crippen molar-refractivity contribution in [1.29, 1.82) is 0 Å². The summed E-state index contributed by atoms with van der Waals surface area (Å²) in [6, 6.07) is 10.7. The van der Waals surface area contributed by atoms with Crippen molar-refractivity contribution in [1.82, 2.24) is 25.0 Å². The van der Waals surface area contributed by atoms with Crippen molar-refractivity contribution in [2.45, 2.75) is 6.42 Å². The highest BCUT2D eigenvalue weighted by molar-refractivity contribution is 5.86. The van der Waals surface area contributed by atoms with Crippen LogP contribution in [0, 0.1) is 5.95 Å². The van der Waals surface area contributed by atoms with Gasteiger partial charge in [0.25, 0.3) is 0 Å². The van der Waals surface area contributed by atoms with Crippen LogP contribution in [0.5, 0.6) is 0 Å². The molecule has 0 amide bonds. The molecule has 3 aromatic rings. The average Bonchev–Trinajstić information content (AvgIpc) is 2.70. The highest BCUT2D eigenvalue weighted by Crippen LogP contribution is 2.23. The molecule has 0 radical (unpaired) electrons. The van der Waals surface area contributed by atoms with Gasteiger partial charge in [-0.3, -0.25) is 9.69 Å². The van der Waals surface area contributed by atoms with Crippen LogP contribution in [0.15, 0.2) is 42.6 Å². The van der Waals surface area contributed by atoms with Crippen LogP contribution in [0.25, 0.3) is 22.0 Å². The number of rotatable bonds is 5. The fourth-order valence-electron chi connectivity index (χ4n) is 3.41. The van der Waals surface area contributed by atoms with Crippen LogP contribution >= 0.6 is 0 Å². The molecule has 3 heterocycles. The molecule has 0 N–H and O–H groups in total. The normalized spacial score (nSPS) is 15.8. The first-order valence-electron chi connectivity index (χ1n) is 9.38. The Balaban J connectivity index is 1.48. The Morgan fingerprint density at radius 2 is 1.82 bits per heavy atom. The van der Waals surface area contributed by atoms with Crippen LogP contribution in [-0.2, 0) is 11.2 Å². The van der Waals surface area contributed by atoms with Crippen LogP contribution in [0.3, 0.4) is 0 Å². The fourth-order valence-corrected chi connectivity index (χ4v) is 3.41. The van der Waals surface area contributed by atoms with Crippen LogP contribution in [-0.4, -0.2) is 70.5 Å². The lowest BCUT2D eigenvalue weighted by Gasteiger charge is -2.31. The molecule has 0 unspecified atom stereocenters. The Hall–Kier alpha value is -2.77. The summed E-state index contributed by atoms with van der Waals surface area (Å²) in [5.74, 6) is -0.353. The molecule has 1 aliphatic rings. The zero-order valence-electron chi connectivity index (χ0n) is 15.8. The molecule has 0 atom stereocenters. The van der Waals surface area contributed by atoms with E-state index in [2.05, 4.69) is 32.0 Å². The smallest absolute Gasteiger partial charge is 0.212 e. The maximum Gasteiger partial charge on any atom is 0.212 e. The molecular weight excluding hydrogens is 357 g/mol. The standard InChI is InChI=1S/C21H22FN5O/c1-26-6-8-27(9-7-26)14-19(28)12-18-11-17-10-15(2-4-20(17)25-24-18)16-3-5-21(22)23-13-16/h2-5,10-11,13H,6-9,12,14H2,1H3. The zero-order valence-corrected chi connectivity index (χ0v) is 15.8. The number of fused-ring (bicyclic) bond motifs is 1. The van der Waals surface area contributed by atoms with E-state index in [1.165, 1.54) is 12.3 Å². The summed E-state index contributed by atoms with van der Waals surface area (Å²) in [5.41, 5.74) is 3.17. The first kappa shape index (κ1) is 18.6. The van der Waals surface area contributed by atoms with E-state index in [9.17, 15) is 9.18 Å². The molecule has 0 aliphatic carbocycles. The fraction of sp³-hybridized carbons (Fsp3) is 0.333. The lowest BCUT2D eigenvalue weighted by Crippen LogP contribution is -2.46. The molecule has 7 heteroatoms.